The molecule has 0 spiro atoms. The van der Waals surface area contributed by atoms with E-state index < -0.39 is 0 Å². The number of urea groups is 1. The van der Waals surface area contributed by atoms with Crippen molar-refractivity contribution in [3.8, 4) is 0 Å². The molecule has 7 heteroatoms. The van der Waals surface area contributed by atoms with Crippen molar-refractivity contribution in [1.82, 2.24) is 15.2 Å². The Hall–Kier alpha value is -1.20. The average Bonchev–Trinajstić information content (AvgIpc) is 2.45. The maximum absolute atomic E-state index is 12.1. The Labute approximate surface area is 135 Å². The smallest absolute Gasteiger partial charge is 0.317 e. The maximum Gasteiger partial charge on any atom is 0.317 e. The second kappa shape index (κ2) is 7.71. The Balaban J connectivity index is 1.73. The van der Waals surface area contributed by atoms with E-state index in [1.807, 2.05) is 4.90 Å². The van der Waals surface area contributed by atoms with Gasteiger partial charge in [0.25, 0.3) is 0 Å². The fourth-order valence-corrected chi connectivity index (χ4v) is 2.84. The Kier molecular flexibility index (Phi) is 5.94. The van der Waals surface area contributed by atoms with Crippen LogP contribution in [0.4, 0.5) is 10.6 Å². The lowest BCUT2D eigenvalue weighted by Crippen LogP contribution is -2.48. The summed E-state index contributed by atoms with van der Waals surface area (Å²) >= 11 is 11.8. The largest absolute Gasteiger partial charge is 0.367 e. The summed E-state index contributed by atoms with van der Waals surface area (Å²) in [6.07, 6.45) is 4.90. The third-order valence-corrected chi connectivity index (χ3v) is 4.06. The standard InChI is InChI=1S/C14H20Cl2N4O/c1-10-4-2-3-7-20(10)14(21)18-6-5-17-13-12(16)8-11(15)9-19-13/h8-10H,2-7H2,1H3,(H,17,19)(H,18,21). The van der Waals surface area contributed by atoms with E-state index in [1.54, 1.807) is 6.07 Å². The van der Waals surface area contributed by atoms with Crippen LogP contribution in [0.2, 0.25) is 10.0 Å². The van der Waals surface area contributed by atoms with Crippen LogP contribution >= 0.6 is 23.2 Å². The van der Waals surface area contributed by atoms with Crippen LogP contribution < -0.4 is 10.6 Å². The molecule has 5 nitrogen and oxygen atoms in total. The van der Waals surface area contributed by atoms with Crippen molar-refractivity contribution in [3.05, 3.63) is 22.3 Å². The first-order valence-corrected chi connectivity index (χ1v) is 7.93. The zero-order valence-electron chi connectivity index (χ0n) is 12.0. The second-order valence-corrected chi connectivity index (χ2v) is 6.02. The minimum absolute atomic E-state index is 0.000776. The molecule has 1 aromatic heterocycles. The summed E-state index contributed by atoms with van der Waals surface area (Å²) in [6.45, 7) is 4.00. The lowest BCUT2D eigenvalue weighted by molar-refractivity contribution is 0.158. The number of rotatable bonds is 4. The highest BCUT2D eigenvalue weighted by Gasteiger charge is 2.22. The molecule has 2 N–H and O–H groups in total. The zero-order chi connectivity index (χ0) is 15.2. The van der Waals surface area contributed by atoms with Crippen molar-refractivity contribution < 1.29 is 4.79 Å². The van der Waals surface area contributed by atoms with E-state index in [0.29, 0.717) is 35.0 Å². The molecule has 116 valence electrons. The van der Waals surface area contributed by atoms with Crippen LogP contribution in [0.1, 0.15) is 26.2 Å². The van der Waals surface area contributed by atoms with E-state index in [1.165, 1.54) is 12.6 Å². The average molecular weight is 331 g/mol. The summed E-state index contributed by atoms with van der Waals surface area (Å²) in [5.41, 5.74) is 0. The molecule has 0 aromatic carbocycles. The summed E-state index contributed by atoms with van der Waals surface area (Å²) in [7, 11) is 0. The predicted molar refractivity (Wildman–Crippen MR) is 86.2 cm³/mol. The summed E-state index contributed by atoms with van der Waals surface area (Å²) in [4.78, 5) is 18.1. The second-order valence-electron chi connectivity index (χ2n) is 5.18. The summed E-state index contributed by atoms with van der Waals surface area (Å²) in [6, 6.07) is 1.95. The van der Waals surface area contributed by atoms with Crippen LogP contribution in [0.5, 0.6) is 0 Å². The van der Waals surface area contributed by atoms with Crippen LogP contribution in [-0.2, 0) is 0 Å². The highest BCUT2D eigenvalue weighted by atomic mass is 35.5. The van der Waals surface area contributed by atoms with Gasteiger partial charge in [-0.25, -0.2) is 9.78 Å². The molecule has 1 atom stereocenters. The van der Waals surface area contributed by atoms with E-state index >= 15 is 0 Å². The van der Waals surface area contributed by atoms with Crippen molar-refractivity contribution in [2.45, 2.75) is 32.2 Å². The number of carbonyl (C=O) groups excluding carboxylic acids is 1. The SMILES string of the molecule is CC1CCCCN1C(=O)NCCNc1ncc(Cl)cc1Cl. The van der Waals surface area contributed by atoms with Gasteiger partial charge in [0, 0.05) is 31.9 Å². The number of pyridine rings is 1. The lowest BCUT2D eigenvalue weighted by atomic mass is 10.0. The number of likely N-dealkylation sites (tertiary alicyclic amines) is 1. The molecule has 0 bridgehead atoms. The molecule has 0 saturated carbocycles. The molecule has 1 fully saturated rings. The molecule has 0 radical (unpaired) electrons. The molecule has 2 heterocycles. The van der Waals surface area contributed by atoms with Gasteiger partial charge in [0.15, 0.2) is 0 Å². The molecule has 21 heavy (non-hydrogen) atoms. The van der Waals surface area contributed by atoms with E-state index in [2.05, 4.69) is 22.5 Å². The minimum atomic E-state index is -0.000776. The van der Waals surface area contributed by atoms with Crippen molar-refractivity contribution in [2.24, 2.45) is 0 Å². The first-order chi connectivity index (χ1) is 10.1. The molecule has 2 amide bonds. The molecule has 1 aliphatic heterocycles. The predicted octanol–water partition coefficient (Wildman–Crippen LogP) is 3.38. The fraction of sp³-hybridized carbons (Fsp3) is 0.571. The van der Waals surface area contributed by atoms with E-state index in [9.17, 15) is 4.79 Å². The number of hydrogen-bond donors (Lipinski definition) is 2. The van der Waals surface area contributed by atoms with Crippen molar-refractivity contribution in [2.75, 3.05) is 25.0 Å². The summed E-state index contributed by atoms with van der Waals surface area (Å²) < 4.78 is 0. The molecule has 2 rings (SSSR count). The van der Waals surface area contributed by atoms with Gasteiger partial charge in [0.05, 0.1) is 10.0 Å². The van der Waals surface area contributed by atoms with Gasteiger partial charge in [-0.3, -0.25) is 0 Å². The highest BCUT2D eigenvalue weighted by Crippen LogP contribution is 2.22. The molecule has 0 aliphatic carbocycles. The van der Waals surface area contributed by atoms with Gasteiger partial charge in [0.2, 0.25) is 0 Å². The fourth-order valence-electron chi connectivity index (χ4n) is 2.40. The van der Waals surface area contributed by atoms with Gasteiger partial charge in [-0.1, -0.05) is 23.2 Å². The number of amides is 2. The number of nitrogens with zero attached hydrogens (tertiary/aromatic N) is 2. The van der Waals surface area contributed by atoms with Crippen molar-refractivity contribution in [1.29, 1.82) is 0 Å². The lowest BCUT2D eigenvalue weighted by Gasteiger charge is -2.33. The number of piperidine rings is 1. The van der Waals surface area contributed by atoms with Gasteiger partial charge >= 0.3 is 6.03 Å². The van der Waals surface area contributed by atoms with Crippen LogP contribution in [0, 0.1) is 0 Å². The van der Waals surface area contributed by atoms with Gasteiger partial charge in [-0.05, 0) is 32.3 Å². The normalized spacial score (nSPS) is 18.4. The number of anilines is 1. The third kappa shape index (κ3) is 4.64. The van der Waals surface area contributed by atoms with E-state index in [4.69, 9.17) is 23.2 Å². The van der Waals surface area contributed by atoms with E-state index in [0.717, 1.165) is 19.4 Å². The molecular formula is C14H20Cl2N4O. The number of aromatic nitrogens is 1. The van der Waals surface area contributed by atoms with Crippen LogP contribution in [0.15, 0.2) is 12.3 Å². The Morgan fingerprint density at radius 3 is 2.95 bits per heavy atom. The monoisotopic (exact) mass is 330 g/mol. The third-order valence-electron chi connectivity index (χ3n) is 3.57. The number of hydrogen-bond acceptors (Lipinski definition) is 3. The van der Waals surface area contributed by atoms with Gasteiger partial charge < -0.3 is 15.5 Å². The van der Waals surface area contributed by atoms with Gasteiger partial charge in [0.1, 0.15) is 5.82 Å². The van der Waals surface area contributed by atoms with Crippen molar-refractivity contribution in [3.63, 3.8) is 0 Å². The number of carbonyl (C=O) groups is 1. The number of halogens is 2. The van der Waals surface area contributed by atoms with Gasteiger partial charge in [-0.2, -0.15) is 0 Å². The van der Waals surface area contributed by atoms with Crippen LogP contribution in [-0.4, -0.2) is 41.6 Å². The molecular weight excluding hydrogens is 311 g/mol. The highest BCUT2D eigenvalue weighted by molar-refractivity contribution is 6.35. The summed E-state index contributed by atoms with van der Waals surface area (Å²) in [5.74, 6) is 0.571. The Morgan fingerprint density at radius 2 is 2.24 bits per heavy atom. The number of nitrogens with one attached hydrogen (secondary N) is 2. The minimum Gasteiger partial charge on any atom is -0.367 e. The first kappa shape index (κ1) is 16.2. The summed E-state index contributed by atoms with van der Waals surface area (Å²) in [5, 5.41) is 6.96. The Morgan fingerprint density at radius 1 is 1.43 bits per heavy atom. The maximum atomic E-state index is 12.1. The first-order valence-electron chi connectivity index (χ1n) is 7.17. The quantitative estimate of drug-likeness (QED) is 0.832. The molecule has 1 saturated heterocycles. The molecule has 1 aromatic rings. The zero-order valence-corrected chi connectivity index (χ0v) is 13.5. The van der Waals surface area contributed by atoms with Gasteiger partial charge in [-0.15, -0.1) is 0 Å². The topological polar surface area (TPSA) is 57.3 Å². The van der Waals surface area contributed by atoms with Crippen molar-refractivity contribution >= 4 is 35.1 Å². The van der Waals surface area contributed by atoms with E-state index in [-0.39, 0.29) is 6.03 Å². The molecule has 1 aliphatic rings. The van der Waals surface area contributed by atoms with Crippen LogP contribution in [0.3, 0.4) is 0 Å². The van der Waals surface area contributed by atoms with Crippen LogP contribution in [0.25, 0.3) is 0 Å². The molecule has 1 unspecified atom stereocenters. The Bertz CT molecular complexity index is 498.